The zero-order chi connectivity index (χ0) is 11.5. The van der Waals surface area contributed by atoms with Crippen molar-refractivity contribution < 1.29 is 9.53 Å². The Bertz CT molecular complexity index is 349. The minimum absolute atomic E-state index is 0.409. The Morgan fingerprint density at radius 2 is 2.47 bits per heavy atom. The summed E-state index contributed by atoms with van der Waals surface area (Å²) in [6, 6.07) is 0. The molecule has 0 amide bonds. The van der Waals surface area contributed by atoms with Crippen LogP contribution in [0, 0.1) is 0 Å². The van der Waals surface area contributed by atoms with Crippen LogP contribution in [0.2, 0.25) is 0 Å². The molecule has 0 saturated heterocycles. The van der Waals surface area contributed by atoms with Crippen LogP contribution in [0.25, 0.3) is 0 Å². The number of methoxy groups -OCH3 is 1. The van der Waals surface area contributed by atoms with Gasteiger partial charge in [-0.05, 0) is 29.3 Å². The van der Waals surface area contributed by atoms with E-state index in [0.717, 1.165) is 4.47 Å². The Kier molecular flexibility index (Phi) is 3.87. The molecule has 84 valence electrons. The maximum absolute atomic E-state index is 11.3. The van der Waals surface area contributed by atoms with Crippen LogP contribution in [0.1, 0.15) is 13.3 Å². The first kappa shape index (κ1) is 12.2. The van der Waals surface area contributed by atoms with Crippen molar-refractivity contribution in [3.63, 3.8) is 0 Å². The molecule has 5 nitrogen and oxygen atoms in total. The molecule has 15 heavy (non-hydrogen) atoms. The molecule has 6 heteroatoms. The lowest BCUT2D eigenvalue weighted by Crippen LogP contribution is -2.46. The fourth-order valence-corrected chi connectivity index (χ4v) is 1.47. The number of nitrogens with zero attached hydrogens (tertiary/aromatic N) is 2. The van der Waals surface area contributed by atoms with Gasteiger partial charge in [0, 0.05) is 12.7 Å². The van der Waals surface area contributed by atoms with E-state index in [0.29, 0.717) is 13.0 Å². The van der Waals surface area contributed by atoms with Crippen molar-refractivity contribution in [2.45, 2.75) is 25.4 Å². The highest BCUT2D eigenvalue weighted by Crippen LogP contribution is 2.11. The quantitative estimate of drug-likeness (QED) is 0.830. The highest BCUT2D eigenvalue weighted by molar-refractivity contribution is 9.10. The molecule has 0 fully saturated rings. The number of carbonyl (C=O) groups excluding carboxylic acids is 1. The molecule has 0 aromatic carbocycles. The number of ether oxygens (including phenoxy) is 1. The summed E-state index contributed by atoms with van der Waals surface area (Å²) in [4.78, 5) is 11.3. The number of halogens is 1. The number of aryl methyl sites for hydroxylation is 1. The number of carbonyl (C=O) groups is 1. The molecule has 1 aromatic rings. The van der Waals surface area contributed by atoms with E-state index in [9.17, 15) is 4.79 Å². The lowest BCUT2D eigenvalue weighted by Gasteiger charge is -2.20. The fraction of sp³-hybridized carbons (Fsp3) is 0.556. The molecule has 0 bridgehead atoms. The van der Waals surface area contributed by atoms with Crippen LogP contribution < -0.4 is 5.73 Å². The van der Waals surface area contributed by atoms with Gasteiger partial charge in [0.1, 0.15) is 5.54 Å². The van der Waals surface area contributed by atoms with E-state index in [1.54, 1.807) is 17.8 Å². The van der Waals surface area contributed by atoms with E-state index in [4.69, 9.17) is 5.73 Å². The summed E-state index contributed by atoms with van der Waals surface area (Å²) in [5, 5.41) is 4.07. The standard InChI is InChI=1S/C9H14BrN3O2/c1-9(11,8(14)15-2)3-4-13-6-7(10)5-12-13/h5-6H,3-4,11H2,1-2H3. The van der Waals surface area contributed by atoms with Gasteiger partial charge in [-0.15, -0.1) is 0 Å². The Labute approximate surface area is 96.7 Å². The summed E-state index contributed by atoms with van der Waals surface area (Å²) < 4.78 is 7.23. The van der Waals surface area contributed by atoms with Crippen molar-refractivity contribution in [2.75, 3.05) is 7.11 Å². The number of esters is 1. The highest BCUT2D eigenvalue weighted by Gasteiger charge is 2.29. The van der Waals surface area contributed by atoms with Gasteiger partial charge in [-0.25, -0.2) is 0 Å². The third-order valence-electron chi connectivity index (χ3n) is 2.11. The van der Waals surface area contributed by atoms with Crippen LogP contribution in [0.4, 0.5) is 0 Å². The van der Waals surface area contributed by atoms with E-state index >= 15 is 0 Å². The second-order valence-electron chi connectivity index (χ2n) is 3.58. The second kappa shape index (κ2) is 4.76. The van der Waals surface area contributed by atoms with Crippen LogP contribution in [0.5, 0.6) is 0 Å². The molecule has 0 aliphatic heterocycles. The van der Waals surface area contributed by atoms with Crippen LogP contribution in [0.15, 0.2) is 16.9 Å². The molecular weight excluding hydrogens is 262 g/mol. The predicted molar refractivity (Wildman–Crippen MR) is 59.2 cm³/mol. The first-order valence-electron chi connectivity index (χ1n) is 4.51. The van der Waals surface area contributed by atoms with E-state index in [1.165, 1.54) is 7.11 Å². The third kappa shape index (κ3) is 3.32. The van der Waals surface area contributed by atoms with Crippen molar-refractivity contribution >= 4 is 21.9 Å². The van der Waals surface area contributed by atoms with E-state index < -0.39 is 11.5 Å². The van der Waals surface area contributed by atoms with Gasteiger partial charge >= 0.3 is 5.97 Å². The van der Waals surface area contributed by atoms with Crippen LogP contribution in [0.3, 0.4) is 0 Å². The monoisotopic (exact) mass is 275 g/mol. The van der Waals surface area contributed by atoms with E-state index in [1.807, 2.05) is 6.20 Å². The maximum Gasteiger partial charge on any atom is 0.325 e. The van der Waals surface area contributed by atoms with E-state index in [-0.39, 0.29) is 0 Å². The molecule has 1 unspecified atom stereocenters. The van der Waals surface area contributed by atoms with Crippen LogP contribution >= 0.6 is 15.9 Å². The van der Waals surface area contributed by atoms with Gasteiger partial charge in [0.15, 0.2) is 0 Å². The molecule has 1 atom stereocenters. The third-order valence-corrected chi connectivity index (χ3v) is 2.52. The van der Waals surface area contributed by atoms with Crippen molar-refractivity contribution in [1.82, 2.24) is 9.78 Å². The number of rotatable bonds is 4. The van der Waals surface area contributed by atoms with Crippen molar-refractivity contribution in [2.24, 2.45) is 5.73 Å². The normalized spacial score (nSPS) is 14.7. The Hall–Kier alpha value is -0.880. The molecule has 1 aromatic heterocycles. The molecule has 0 radical (unpaired) electrons. The Balaban J connectivity index is 2.53. The molecule has 0 saturated carbocycles. The summed E-state index contributed by atoms with van der Waals surface area (Å²) >= 11 is 3.29. The zero-order valence-corrected chi connectivity index (χ0v) is 10.3. The van der Waals surface area contributed by atoms with Gasteiger partial charge in [-0.3, -0.25) is 9.48 Å². The lowest BCUT2D eigenvalue weighted by molar-refractivity contribution is -0.146. The van der Waals surface area contributed by atoms with Crippen molar-refractivity contribution in [1.29, 1.82) is 0 Å². The largest absolute Gasteiger partial charge is 0.468 e. The van der Waals surface area contributed by atoms with Gasteiger partial charge in [-0.1, -0.05) is 0 Å². The topological polar surface area (TPSA) is 70.1 Å². The Morgan fingerprint density at radius 1 is 1.80 bits per heavy atom. The van der Waals surface area contributed by atoms with Gasteiger partial charge in [0.25, 0.3) is 0 Å². The number of nitrogens with two attached hydrogens (primary N) is 1. The predicted octanol–water partition coefficient (Wildman–Crippen LogP) is 0.926. The van der Waals surface area contributed by atoms with Gasteiger partial charge in [-0.2, -0.15) is 5.10 Å². The minimum atomic E-state index is -0.965. The smallest absolute Gasteiger partial charge is 0.325 e. The van der Waals surface area contributed by atoms with Crippen LogP contribution in [-0.4, -0.2) is 28.4 Å². The van der Waals surface area contributed by atoms with Gasteiger partial charge in [0.05, 0.1) is 17.8 Å². The molecular formula is C9H14BrN3O2. The zero-order valence-electron chi connectivity index (χ0n) is 8.74. The lowest BCUT2D eigenvalue weighted by atomic mass is 10.00. The average molecular weight is 276 g/mol. The molecule has 2 N–H and O–H groups in total. The fourth-order valence-electron chi connectivity index (χ4n) is 1.14. The van der Waals surface area contributed by atoms with Gasteiger partial charge < -0.3 is 10.5 Å². The average Bonchev–Trinajstić information content (AvgIpc) is 2.60. The van der Waals surface area contributed by atoms with Crippen molar-refractivity contribution in [3.8, 4) is 0 Å². The highest BCUT2D eigenvalue weighted by atomic mass is 79.9. The van der Waals surface area contributed by atoms with Crippen LogP contribution in [-0.2, 0) is 16.1 Å². The molecule has 1 rings (SSSR count). The summed E-state index contributed by atoms with van der Waals surface area (Å²) in [5.41, 5.74) is 4.83. The second-order valence-corrected chi connectivity index (χ2v) is 4.50. The summed E-state index contributed by atoms with van der Waals surface area (Å²) in [7, 11) is 1.33. The maximum atomic E-state index is 11.3. The number of hydrogen-bond donors (Lipinski definition) is 1. The number of aromatic nitrogens is 2. The minimum Gasteiger partial charge on any atom is -0.468 e. The first-order chi connectivity index (χ1) is 6.95. The van der Waals surface area contributed by atoms with E-state index in [2.05, 4.69) is 25.8 Å². The number of hydrogen-bond acceptors (Lipinski definition) is 4. The van der Waals surface area contributed by atoms with Gasteiger partial charge in [0.2, 0.25) is 0 Å². The Morgan fingerprint density at radius 3 is 2.93 bits per heavy atom. The summed E-state index contributed by atoms with van der Waals surface area (Å²) in [5.74, 6) is -0.409. The van der Waals surface area contributed by atoms with Crippen molar-refractivity contribution in [3.05, 3.63) is 16.9 Å². The molecule has 0 spiro atoms. The first-order valence-corrected chi connectivity index (χ1v) is 5.30. The molecule has 0 aliphatic carbocycles. The SMILES string of the molecule is COC(=O)C(C)(N)CCn1cc(Br)cn1. The summed E-state index contributed by atoms with van der Waals surface area (Å²) in [6.45, 7) is 2.23. The summed E-state index contributed by atoms with van der Waals surface area (Å²) in [6.07, 6.45) is 3.99. The molecule has 0 aliphatic rings. The molecule has 1 heterocycles.